The normalized spacial score (nSPS) is 19.2. The molecule has 6 heteroatoms. The summed E-state index contributed by atoms with van der Waals surface area (Å²) in [6.07, 6.45) is 5.37. The van der Waals surface area contributed by atoms with Crippen LogP contribution >= 0.6 is 12.4 Å². The van der Waals surface area contributed by atoms with Crippen LogP contribution in [-0.2, 0) is 22.9 Å². The number of benzene rings is 1. The number of hydrogen-bond donors (Lipinski definition) is 1. The molecule has 0 spiro atoms. The van der Waals surface area contributed by atoms with E-state index in [9.17, 15) is 8.42 Å². The van der Waals surface area contributed by atoms with Crippen LogP contribution in [0.5, 0.6) is 0 Å². The summed E-state index contributed by atoms with van der Waals surface area (Å²) in [6, 6.07) is 5.51. The maximum Gasteiger partial charge on any atom is 0.243 e. The molecule has 0 heterocycles. The van der Waals surface area contributed by atoms with Gasteiger partial charge in [0.15, 0.2) is 0 Å². The number of rotatable bonds is 5. The first-order valence-corrected chi connectivity index (χ1v) is 8.78. The fraction of sp³-hybridized carbons (Fsp3) is 0.600. The third-order valence-corrected chi connectivity index (χ3v) is 6.50. The van der Waals surface area contributed by atoms with E-state index in [2.05, 4.69) is 0 Å². The summed E-state index contributed by atoms with van der Waals surface area (Å²) in [5.41, 5.74) is 8.26. The maximum atomic E-state index is 12.7. The Morgan fingerprint density at radius 3 is 2.57 bits per heavy atom. The predicted octanol–water partition coefficient (Wildman–Crippen LogP) is 1.95. The summed E-state index contributed by atoms with van der Waals surface area (Å²) in [5, 5.41) is 0. The van der Waals surface area contributed by atoms with Crippen molar-refractivity contribution < 1.29 is 8.42 Å². The zero-order valence-corrected chi connectivity index (χ0v) is 13.9. The van der Waals surface area contributed by atoms with Crippen LogP contribution in [-0.4, -0.2) is 32.4 Å². The highest BCUT2D eigenvalue weighted by Gasteiger charge is 2.38. The minimum absolute atomic E-state index is 0. The number of likely N-dealkylation sites (N-methyl/N-ethyl adjacent to an activating group) is 1. The lowest BCUT2D eigenvalue weighted by atomic mass is 10.1. The molecule has 1 unspecified atom stereocenters. The number of nitrogens with zero attached hydrogens (tertiary/aromatic N) is 1. The average molecular weight is 331 g/mol. The van der Waals surface area contributed by atoms with Crippen LogP contribution in [0.4, 0.5) is 0 Å². The number of hydrogen-bond acceptors (Lipinski definition) is 3. The molecule has 1 aromatic rings. The van der Waals surface area contributed by atoms with Crippen molar-refractivity contribution in [3.05, 3.63) is 29.3 Å². The second kappa shape index (κ2) is 6.24. The van der Waals surface area contributed by atoms with Crippen LogP contribution in [0, 0.1) is 5.92 Å². The third-order valence-electron chi connectivity index (χ3n) is 4.62. The molecule has 0 saturated heterocycles. The van der Waals surface area contributed by atoms with Crippen molar-refractivity contribution in [1.29, 1.82) is 0 Å². The van der Waals surface area contributed by atoms with Gasteiger partial charge in [-0.15, -0.1) is 12.4 Å². The van der Waals surface area contributed by atoms with Gasteiger partial charge in [-0.1, -0.05) is 6.07 Å². The van der Waals surface area contributed by atoms with Gasteiger partial charge in [-0.3, -0.25) is 0 Å². The summed E-state index contributed by atoms with van der Waals surface area (Å²) in [5.74, 6) is 0.439. The lowest BCUT2D eigenvalue weighted by Gasteiger charge is -2.26. The molecule has 21 heavy (non-hydrogen) atoms. The zero-order chi connectivity index (χ0) is 14.3. The maximum absolute atomic E-state index is 12.7. The summed E-state index contributed by atoms with van der Waals surface area (Å²) in [6.45, 7) is 0.394. The van der Waals surface area contributed by atoms with Gasteiger partial charge in [-0.05, 0) is 61.3 Å². The molecule has 1 fully saturated rings. The molecule has 1 atom stereocenters. The standard InChI is InChI=1S/C15H22N2O2S.ClH/c1-17(15(10-16)12-5-6-12)20(18,19)14-8-7-11-3-2-4-13(11)9-14;/h7-9,12,15H,2-6,10,16H2,1H3;1H. The largest absolute Gasteiger partial charge is 0.329 e. The first kappa shape index (κ1) is 16.7. The highest BCUT2D eigenvalue weighted by atomic mass is 35.5. The Kier molecular flexibility index (Phi) is 4.98. The van der Waals surface area contributed by atoms with E-state index in [1.165, 1.54) is 15.4 Å². The van der Waals surface area contributed by atoms with E-state index in [4.69, 9.17) is 5.73 Å². The lowest BCUT2D eigenvalue weighted by molar-refractivity contribution is 0.340. The van der Waals surface area contributed by atoms with Crippen LogP contribution < -0.4 is 5.73 Å². The summed E-state index contributed by atoms with van der Waals surface area (Å²) >= 11 is 0. The Bertz CT molecular complexity index is 614. The average Bonchev–Trinajstić information content (AvgIpc) is 3.15. The van der Waals surface area contributed by atoms with Crippen LogP contribution in [0.3, 0.4) is 0 Å². The molecule has 0 bridgehead atoms. The van der Waals surface area contributed by atoms with Gasteiger partial charge in [-0.2, -0.15) is 4.31 Å². The molecule has 0 aromatic heterocycles. The summed E-state index contributed by atoms with van der Waals surface area (Å²) in [4.78, 5) is 0.416. The topological polar surface area (TPSA) is 63.4 Å². The van der Waals surface area contributed by atoms with Crippen molar-refractivity contribution in [2.45, 2.75) is 43.0 Å². The van der Waals surface area contributed by atoms with Crippen molar-refractivity contribution in [2.75, 3.05) is 13.6 Å². The van der Waals surface area contributed by atoms with Crippen LogP contribution in [0.1, 0.15) is 30.4 Å². The fourth-order valence-electron chi connectivity index (χ4n) is 3.17. The predicted molar refractivity (Wildman–Crippen MR) is 86.2 cm³/mol. The first-order chi connectivity index (χ1) is 9.54. The monoisotopic (exact) mass is 330 g/mol. The molecular formula is C15H23ClN2O2S. The van der Waals surface area contributed by atoms with E-state index in [1.807, 2.05) is 12.1 Å². The zero-order valence-electron chi connectivity index (χ0n) is 12.3. The Morgan fingerprint density at radius 1 is 1.29 bits per heavy atom. The molecule has 0 amide bonds. The number of sulfonamides is 1. The van der Waals surface area contributed by atoms with E-state index in [1.54, 1.807) is 13.1 Å². The van der Waals surface area contributed by atoms with E-state index in [0.29, 0.717) is 17.4 Å². The van der Waals surface area contributed by atoms with E-state index < -0.39 is 10.0 Å². The second-order valence-corrected chi connectivity index (χ2v) is 7.94. The van der Waals surface area contributed by atoms with E-state index in [-0.39, 0.29) is 18.4 Å². The van der Waals surface area contributed by atoms with Gasteiger partial charge in [0, 0.05) is 19.6 Å². The van der Waals surface area contributed by atoms with Gasteiger partial charge < -0.3 is 5.73 Å². The minimum atomic E-state index is -3.42. The molecule has 1 aromatic carbocycles. The molecule has 0 radical (unpaired) electrons. The molecule has 1 saturated carbocycles. The number of nitrogens with two attached hydrogens (primary N) is 1. The van der Waals surface area contributed by atoms with Crippen molar-refractivity contribution in [3.8, 4) is 0 Å². The minimum Gasteiger partial charge on any atom is -0.329 e. The number of fused-ring (bicyclic) bond motifs is 1. The quantitative estimate of drug-likeness (QED) is 0.897. The van der Waals surface area contributed by atoms with Crippen LogP contribution in [0.15, 0.2) is 23.1 Å². The smallest absolute Gasteiger partial charge is 0.243 e. The van der Waals surface area contributed by atoms with Crippen molar-refractivity contribution in [3.63, 3.8) is 0 Å². The van der Waals surface area contributed by atoms with E-state index >= 15 is 0 Å². The molecule has 2 aliphatic carbocycles. The Morgan fingerprint density at radius 2 is 1.95 bits per heavy atom. The highest BCUT2D eigenvalue weighted by Crippen LogP contribution is 2.36. The van der Waals surface area contributed by atoms with Gasteiger partial charge in [0.25, 0.3) is 0 Å². The summed E-state index contributed by atoms with van der Waals surface area (Å²) in [7, 11) is -1.76. The second-order valence-electron chi connectivity index (χ2n) is 5.95. The fourth-order valence-corrected chi connectivity index (χ4v) is 4.65. The molecule has 2 aliphatic rings. The van der Waals surface area contributed by atoms with Gasteiger partial charge >= 0.3 is 0 Å². The van der Waals surface area contributed by atoms with Crippen LogP contribution in [0.2, 0.25) is 0 Å². The molecule has 0 aliphatic heterocycles. The number of halogens is 1. The van der Waals surface area contributed by atoms with Gasteiger partial charge in [-0.25, -0.2) is 8.42 Å². The Balaban J connectivity index is 0.00000161. The van der Waals surface area contributed by atoms with Crippen molar-refractivity contribution in [1.82, 2.24) is 4.31 Å². The van der Waals surface area contributed by atoms with E-state index in [0.717, 1.165) is 32.1 Å². The Hall–Kier alpha value is -0.620. The van der Waals surface area contributed by atoms with Gasteiger partial charge in [0.1, 0.15) is 0 Å². The van der Waals surface area contributed by atoms with Crippen LogP contribution in [0.25, 0.3) is 0 Å². The Labute approximate surface area is 133 Å². The van der Waals surface area contributed by atoms with Gasteiger partial charge in [0.05, 0.1) is 4.90 Å². The molecule has 118 valence electrons. The molecule has 2 N–H and O–H groups in total. The molecule has 4 nitrogen and oxygen atoms in total. The first-order valence-electron chi connectivity index (χ1n) is 7.34. The molecular weight excluding hydrogens is 308 g/mol. The summed E-state index contributed by atoms with van der Waals surface area (Å²) < 4.78 is 27.0. The third kappa shape index (κ3) is 3.11. The molecule has 3 rings (SSSR count). The van der Waals surface area contributed by atoms with Crippen molar-refractivity contribution >= 4 is 22.4 Å². The highest BCUT2D eigenvalue weighted by molar-refractivity contribution is 7.89. The SMILES string of the molecule is CN(C(CN)C1CC1)S(=O)(=O)c1ccc2c(c1)CCC2.Cl. The lowest BCUT2D eigenvalue weighted by Crippen LogP contribution is -2.43. The van der Waals surface area contributed by atoms with Gasteiger partial charge in [0.2, 0.25) is 10.0 Å². The number of aryl methyl sites for hydroxylation is 2. The van der Waals surface area contributed by atoms with Crippen molar-refractivity contribution in [2.24, 2.45) is 11.7 Å².